The molecule has 0 amide bonds. The van der Waals surface area contributed by atoms with E-state index in [1.54, 1.807) is 24.6 Å². The molecule has 1 unspecified atom stereocenters. The van der Waals surface area contributed by atoms with E-state index in [1.807, 2.05) is 6.92 Å². The Hall–Kier alpha value is -2.36. The van der Waals surface area contributed by atoms with Crippen LogP contribution in [0.15, 0.2) is 12.5 Å². The summed E-state index contributed by atoms with van der Waals surface area (Å²) in [5, 5.41) is 4.09. The molecule has 0 fully saturated rings. The number of imidazole rings is 1. The molecule has 2 rings (SSSR count). The van der Waals surface area contributed by atoms with E-state index >= 15 is 0 Å². The van der Waals surface area contributed by atoms with E-state index in [-0.39, 0.29) is 24.4 Å². The molecular formula is C14H21N5O6P+. The highest BCUT2D eigenvalue weighted by Crippen LogP contribution is 2.23. The number of ether oxygens (including phenoxy) is 3. The molecule has 0 spiro atoms. The molecule has 11 nitrogen and oxygen atoms in total. The van der Waals surface area contributed by atoms with Crippen LogP contribution in [0.5, 0.6) is 0 Å². The highest BCUT2D eigenvalue weighted by atomic mass is 31.1. The number of rotatable bonds is 9. The molecule has 0 radical (unpaired) electrons. The molecule has 12 heteroatoms. The fourth-order valence-corrected chi connectivity index (χ4v) is 2.58. The fourth-order valence-electron chi connectivity index (χ4n) is 1.96. The highest BCUT2D eigenvalue weighted by Gasteiger charge is 2.22. The van der Waals surface area contributed by atoms with Crippen molar-refractivity contribution in [3.05, 3.63) is 18.2 Å². The Balaban J connectivity index is 1.72. The first-order chi connectivity index (χ1) is 12.4. The Kier molecular flexibility index (Phi) is 7.19. The third kappa shape index (κ3) is 5.87. The van der Waals surface area contributed by atoms with Gasteiger partial charge in [-0.05, 0) is 25.3 Å². The summed E-state index contributed by atoms with van der Waals surface area (Å²) in [5.41, 5.74) is 6.97. The molecule has 0 saturated heterocycles. The largest absolute Gasteiger partial charge is 0.540 e. The summed E-state index contributed by atoms with van der Waals surface area (Å²) in [6.07, 6.45) is 1.83. The van der Waals surface area contributed by atoms with Gasteiger partial charge in [-0.25, -0.2) is 19.3 Å². The number of carbonyl (C=O) groups excluding carboxylic acids is 1. The second kappa shape index (κ2) is 9.37. The summed E-state index contributed by atoms with van der Waals surface area (Å²) in [6, 6.07) is 0. The average molecular weight is 386 g/mol. The van der Waals surface area contributed by atoms with E-state index in [0.717, 1.165) is 5.69 Å². The Morgan fingerprint density at radius 1 is 1.35 bits per heavy atom. The normalized spacial score (nSPS) is 13.0. The van der Waals surface area contributed by atoms with E-state index in [0.29, 0.717) is 12.1 Å². The molecule has 0 bridgehead atoms. The van der Waals surface area contributed by atoms with Crippen molar-refractivity contribution < 1.29 is 28.1 Å². The van der Waals surface area contributed by atoms with Gasteiger partial charge in [-0.1, -0.05) is 0 Å². The number of hydrogen-bond acceptors (Lipinski definition) is 10. The average Bonchev–Trinajstić information content (AvgIpc) is 2.97. The second-order valence-corrected chi connectivity index (χ2v) is 6.76. The molecule has 2 aromatic heterocycles. The number of fused-ring (bicyclic) bond motifs is 1. The number of nitrogen functional groups attached to an aromatic ring is 1. The molecule has 142 valence electrons. The van der Waals surface area contributed by atoms with Crippen LogP contribution in [0.3, 0.4) is 0 Å². The van der Waals surface area contributed by atoms with Crippen molar-refractivity contribution in [2.45, 2.75) is 39.4 Å². The van der Waals surface area contributed by atoms with E-state index in [9.17, 15) is 9.36 Å². The number of carbonyl (C=O) groups is 1. The first-order valence-corrected chi connectivity index (χ1v) is 9.18. The maximum Gasteiger partial charge on any atom is 0.540 e. The van der Waals surface area contributed by atoms with Crippen LogP contribution in [0.25, 0.3) is 5.65 Å². The van der Waals surface area contributed by atoms with Gasteiger partial charge in [-0.3, -0.25) is 0 Å². The third-order valence-corrected chi connectivity index (χ3v) is 3.82. The van der Waals surface area contributed by atoms with Gasteiger partial charge in [0, 0.05) is 6.42 Å². The summed E-state index contributed by atoms with van der Waals surface area (Å²) in [6.45, 7) is 4.70. The van der Waals surface area contributed by atoms with Gasteiger partial charge in [-0.2, -0.15) is 5.10 Å². The number of nitrogens with zero attached hydrogens (tertiary/aromatic N) is 4. The van der Waals surface area contributed by atoms with Crippen molar-refractivity contribution in [3.8, 4) is 0 Å². The molecule has 2 aromatic rings. The molecule has 2 N–H and O–H groups in total. The van der Waals surface area contributed by atoms with Crippen molar-refractivity contribution in [2.24, 2.45) is 0 Å². The zero-order valence-electron chi connectivity index (χ0n) is 14.7. The second-order valence-electron chi connectivity index (χ2n) is 5.58. The Labute approximate surface area is 150 Å². The molecule has 2 heterocycles. The Morgan fingerprint density at radius 2 is 2.12 bits per heavy atom. The van der Waals surface area contributed by atoms with Crippen LogP contribution in [0.1, 0.15) is 26.5 Å². The minimum atomic E-state index is -2.14. The van der Waals surface area contributed by atoms with Gasteiger partial charge >= 0.3 is 14.2 Å². The fraction of sp³-hybridized carbons (Fsp3) is 0.571. The van der Waals surface area contributed by atoms with Gasteiger partial charge in [0.1, 0.15) is 6.33 Å². The lowest BCUT2D eigenvalue weighted by atomic mass is 10.2. The lowest BCUT2D eigenvalue weighted by Crippen LogP contribution is -2.15. The Bertz CT molecular complexity index is 767. The maximum absolute atomic E-state index is 11.7. The van der Waals surface area contributed by atoms with Crippen molar-refractivity contribution in [1.82, 2.24) is 19.6 Å². The van der Waals surface area contributed by atoms with Crippen LogP contribution in [0, 0.1) is 0 Å². The standard InChI is InChI=1S/C14H21N5O6P/c1-9(2)25-14(20)22-7-24-26(21)8-23-10(3)4-11-5-16-13-12(15)17-6-18-19(11)13/h5-6,9-10H,4,7-8H2,1-3H3,(H2,15,17,18)/q+1/t10-/m1/s1. The van der Waals surface area contributed by atoms with Gasteiger partial charge in [0.25, 0.3) is 6.35 Å². The predicted octanol–water partition coefficient (Wildman–Crippen LogP) is 1.89. The van der Waals surface area contributed by atoms with Crippen LogP contribution in [-0.4, -0.2) is 51.1 Å². The van der Waals surface area contributed by atoms with Crippen LogP contribution in [-0.2, 0) is 29.7 Å². The van der Waals surface area contributed by atoms with E-state index in [4.69, 9.17) is 19.7 Å². The number of hydrogen-bond donors (Lipinski definition) is 1. The highest BCUT2D eigenvalue weighted by molar-refractivity contribution is 7.38. The van der Waals surface area contributed by atoms with Gasteiger partial charge in [0.05, 0.1) is 24.1 Å². The summed E-state index contributed by atoms with van der Waals surface area (Å²) in [4.78, 5) is 19.2. The zero-order chi connectivity index (χ0) is 19.1. The van der Waals surface area contributed by atoms with Crippen LogP contribution < -0.4 is 5.73 Å². The van der Waals surface area contributed by atoms with Gasteiger partial charge in [-0.15, -0.1) is 4.52 Å². The van der Waals surface area contributed by atoms with Gasteiger partial charge in [0.15, 0.2) is 11.5 Å². The van der Waals surface area contributed by atoms with Crippen molar-refractivity contribution in [1.29, 1.82) is 0 Å². The van der Waals surface area contributed by atoms with Gasteiger partial charge in [0.2, 0.25) is 6.79 Å². The molecular weight excluding hydrogens is 365 g/mol. The summed E-state index contributed by atoms with van der Waals surface area (Å²) in [5.74, 6) is 0.285. The van der Waals surface area contributed by atoms with Crippen molar-refractivity contribution in [3.63, 3.8) is 0 Å². The summed E-state index contributed by atoms with van der Waals surface area (Å²) < 4.78 is 33.0. The molecule has 0 aliphatic carbocycles. The Morgan fingerprint density at radius 3 is 2.85 bits per heavy atom. The molecule has 0 aromatic carbocycles. The molecule has 0 aliphatic rings. The predicted molar refractivity (Wildman–Crippen MR) is 90.6 cm³/mol. The van der Waals surface area contributed by atoms with Gasteiger partial charge < -0.3 is 19.9 Å². The minimum absolute atomic E-state index is 0.146. The number of nitrogens with two attached hydrogens (primary N) is 1. The van der Waals surface area contributed by atoms with Crippen LogP contribution in [0.4, 0.5) is 10.6 Å². The number of anilines is 1. The van der Waals surface area contributed by atoms with E-state index in [2.05, 4.69) is 19.8 Å². The lowest BCUT2D eigenvalue weighted by molar-refractivity contribution is -0.00797. The van der Waals surface area contributed by atoms with Crippen molar-refractivity contribution >= 4 is 25.6 Å². The van der Waals surface area contributed by atoms with E-state index < -0.39 is 21.0 Å². The smallest absolute Gasteiger partial charge is 0.432 e. The lowest BCUT2D eigenvalue weighted by Gasteiger charge is -2.08. The monoisotopic (exact) mass is 386 g/mol. The van der Waals surface area contributed by atoms with E-state index in [1.165, 1.54) is 6.33 Å². The van der Waals surface area contributed by atoms with Crippen LogP contribution >= 0.6 is 8.03 Å². The molecule has 0 saturated carbocycles. The third-order valence-electron chi connectivity index (χ3n) is 3.07. The summed E-state index contributed by atoms with van der Waals surface area (Å²) in [7, 11) is -2.14. The molecule has 2 atom stereocenters. The molecule has 26 heavy (non-hydrogen) atoms. The molecule has 0 aliphatic heterocycles. The number of aromatic nitrogens is 4. The first-order valence-electron chi connectivity index (χ1n) is 7.82. The summed E-state index contributed by atoms with van der Waals surface area (Å²) >= 11 is 0. The topological polar surface area (TPSA) is 140 Å². The first kappa shape index (κ1) is 20.0. The SMILES string of the molecule is CC(C)OC(=O)OCO[P+](=O)CO[C@H](C)Cc1cnc2c(N)ncnn12. The van der Waals surface area contributed by atoms with Crippen molar-refractivity contribution in [2.75, 3.05) is 18.9 Å². The maximum atomic E-state index is 11.7. The minimum Gasteiger partial charge on any atom is -0.432 e. The quantitative estimate of drug-likeness (QED) is 0.386. The zero-order valence-corrected chi connectivity index (χ0v) is 15.6. The van der Waals surface area contributed by atoms with Crippen LogP contribution in [0.2, 0.25) is 0 Å².